The molecule has 0 aliphatic heterocycles. The average Bonchev–Trinajstić information content (AvgIpc) is 2.32. The second kappa shape index (κ2) is 6.46. The zero-order valence-corrected chi connectivity index (χ0v) is 14.3. The Bertz CT molecular complexity index is 299. The molecule has 1 rings (SSSR count). The maximum absolute atomic E-state index is 4.39. The minimum Gasteiger partial charge on any atom is -0.0996 e. The molecule has 0 radical (unpaired) electrons. The van der Waals surface area contributed by atoms with Crippen LogP contribution in [0.15, 0.2) is 12.2 Å². The average molecular weight is 264 g/mol. The van der Waals surface area contributed by atoms with E-state index in [1.807, 2.05) is 0 Å². The Kier molecular flexibility index (Phi) is 5.71. The summed E-state index contributed by atoms with van der Waals surface area (Å²) in [6.45, 7) is 18.9. The molecule has 0 saturated heterocycles. The van der Waals surface area contributed by atoms with Crippen LogP contribution in [-0.2, 0) is 0 Å². The van der Waals surface area contributed by atoms with Gasteiger partial charge in [0.1, 0.15) is 0 Å². The van der Waals surface area contributed by atoms with Gasteiger partial charge in [-0.25, -0.2) is 0 Å². The SMILES string of the molecule is C=C(CCCC)C(C)C1CC(C)(C)CC(C)(CC)C1. The van der Waals surface area contributed by atoms with Crippen molar-refractivity contribution in [2.45, 2.75) is 86.5 Å². The lowest BCUT2D eigenvalue weighted by molar-refractivity contribution is 0.0349. The number of unbranched alkanes of at least 4 members (excludes halogenated alkanes) is 1. The third-order valence-corrected chi connectivity index (χ3v) is 5.53. The zero-order chi connectivity index (χ0) is 14.7. The van der Waals surface area contributed by atoms with Crippen LogP contribution in [0.3, 0.4) is 0 Å². The van der Waals surface area contributed by atoms with Gasteiger partial charge in [0.2, 0.25) is 0 Å². The third-order valence-electron chi connectivity index (χ3n) is 5.53. The summed E-state index contributed by atoms with van der Waals surface area (Å²) in [7, 11) is 0. The van der Waals surface area contributed by atoms with Crippen LogP contribution in [0, 0.1) is 22.7 Å². The molecule has 1 fully saturated rings. The van der Waals surface area contributed by atoms with E-state index in [2.05, 4.69) is 48.1 Å². The van der Waals surface area contributed by atoms with Crippen LogP contribution in [0.25, 0.3) is 0 Å². The van der Waals surface area contributed by atoms with Crippen LogP contribution >= 0.6 is 0 Å². The highest BCUT2D eigenvalue weighted by atomic mass is 14.5. The molecule has 0 aromatic rings. The van der Waals surface area contributed by atoms with Gasteiger partial charge in [0, 0.05) is 0 Å². The largest absolute Gasteiger partial charge is 0.0996 e. The Hall–Kier alpha value is -0.260. The molecule has 112 valence electrons. The highest BCUT2D eigenvalue weighted by Gasteiger charge is 2.41. The summed E-state index contributed by atoms with van der Waals surface area (Å²) in [4.78, 5) is 0. The first-order valence-corrected chi connectivity index (χ1v) is 8.40. The summed E-state index contributed by atoms with van der Waals surface area (Å²) in [5, 5.41) is 0. The molecule has 0 nitrogen and oxygen atoms in total. The summed E-state index contributed by atoms with van der Waals surface area (Å²) in [5.74, 6) is 1.55. The molecule has 0 bridgehead atoms. The van der Waals surface area contributed by atoms with E-state index in [1.165, 1.54) is 50.5 Å². The fraction of sp³-hybridized carbons (Fsp3) is 0.895. The van der Waals surface area contributed by atoms with E-state index in [0.29, 0.717) is 16.7 Å². The van der Waals surface area contributed by atoms with Crippen molar-refractivity contribution in [1.29, 1.82) is 0 Å². The van der Waals surface area contributed by atoms with Crippen molar-refractivity contribution in [1.82, 2.24) is 0 Å². The van der Waals surface area contributed by atoms with Crippen LogP contribution in [0.4, 0.5) is 0 Å². The number of hydrogen-bond donors (Lipinski definition) is 0. The van der Waals surface area contributed by atoms with Crippen molar-refractivity contribution in [3.05, 3.63) is 12.2 Å². The van der Waals surface area contributed by atoms with E-state index in [4.69, 9.17) is 0 Å². The zero-order valence-electron chi connectivity index (χ0n) is 14.3. The van der Waals surface area contributed by atoms with E-state index >= 15 is 0 Å². The van der Waals surface area contributed by atoms with Gasteiger partial charge in [-0.15, -0.1) is 0 Å². The molecule has 0 aromatic heterocycles. The number of rotatable bonds is 6. The van der Waals surface area contributed by atoms with Gasteiger partial charge in [-0.1, -0.05) is 66.5 Å². The summed E-state index contributed by atoms with van der Waals surface area (Å²) < 4.78 is 0. The molecule has 0 heterocycles. The lowest BCUT2D eigenvalue weighted by atomic mass is 9.57. The first-order chi connectivity index (χ1) is 8.73. The molecule has 19 heavy (non-hydrogen) atoms. The van der Waals surface area contributed by atoms with Crippen LogP contribution < -0.4 is 0 Å². The molecular weight excluding hydrogens is 228 g/mol. The Labute approximate surface area is 122 Å². The van der Waals surface area contributed by atoms with E-state index in [1.54, 1.807) is 0 Å². The van der Waals surface area contributed by atoms with Crippen molar-refractivity contribution < 1.29 is 0 Å². The monoisotopic (exact) mass is 264 g/mol. The Morgan fingerprint density at radius 3 is 2.37 bits per heavy atom. The standard InChI is InChI=1S/C19H36/c1-8-10-11-15(3)16(4)17-12-18(5,6)14-19(7,9-2)13-17/h16-17H,3,8-14H2,1-2,4-7H3. The molecule has 3 unspecified atom stereocenters. The predicted molar refractivity (Wildman–Crippen MR) is 87.3 cm³/mol. The van der Waals surface area contributed by atoms with Crippen molar-refractivity contribution in [2.24, 2.45) is 22.7 Å². The third kappa shape index (κ3) is 4.65. The molecule has 0 amide bonds. The summed E-state index contributed by atoms with van der Waals surface area (Å²) in [6.07, 6.45) is 9.33. The van der Waals surface area contributed by atoms with Crippen molar-refractivity contribution in [3.8, 4) is 0 Å². The molecule has 0 N–H and O–H groups in total. The highest BCUT2D eigenvalue weighted by Crippen LogP contribution is 2.52. The Morgan fingerprint density at radius 1 is 1.21 bits per heavy atom. The predicted octanol–water partition coefficient (Wildman–Crippen LogP) is 6.61. The second-order valence-electron chi connectivity index (χ2n) is 8.22. The van der Waals surface area contributed by atoms with E-state index in [-0.39, 0.29) is 0 Å². The fourth-order valence-corrected chi connectivity index (χ4v) is 4.30. The van der Waals surface area contributed by atoms with Gasteiger partial charge in [-0.3, -0.25) is 0 Å². The van der Waals surface area contributed by atoms with Gasteiger partial charge in [-0.05, 0) is 54.8 Å². The molecule has 1 aliphatic carbocycles. The lowest BCUT2D eigenvalue weighted by Crippen LogP contribution is -2.37. The van der Waals surface area contributed by atoms with E-state index < -0.39 is 0 Å². The van der Waals surface area contributed by atoms with Gasteiger partial charge in [-0.2, -0.15) is 0 Å². The number of allylic oxidation sites excluding steroid dienone is 1. The van der Waals surface area contributed by atoms with Crippen LogP contribution in [0.2, 0.25) is 0 Å². The van der Waals surface area contributed by atoms with Gasteiger partial charge in [0.05, 0.1) is 0 Å². The molecule has 1 saturated carbocycles. The summed E-state index contributed by atoms with van der Waals surface area (Å²) in [6, 6.07) is 0. The van der Waals surface area contributed by atoms with Crippen LogP contribution in [-0.4, -0.2) is 0 Å². The summed E-state index contributed by atoms with van der Waals surface area (Å²) >= 11 is 0. The second-order valence-corrected chi connectivity index (χ2v) is 8.22. The van der Waals surface area contributed by atoms with Gasteiger partial charge < -0.3 is 0 Å². The maximum Gasteiger partial charge on any atom is -0.0206 e. The van der Waals surface area contributed by atoms with Gasteiger partial charge in [0.25, 0.3) is 0 Å². The van der Waals surface area contributed by atoms with Gasteiger partial charge >= 0.3 is 0 Å². The normalized spacial score (nSPS) is 32.0. The smallest absolute Gasteiger partial charge is 0.0206 e. The molecule has 0 spiro atoms. The van der Waals surface area contributed by atoms with Crippen LogP contribution in [0.1, 0.15) is 86.5 Å². The van der Waals surface area contributed by atoms with Gasteiger partial charge in [0.15, 0.2) is 0 Å². The van der Waals surface area contributed by atoms with Crippen molar-refractivity contribution >= 4 is 0 Å². The van der Waals surface area contributed by atoms with Crippen molar-refractivity contribution in [2.75, 3.05) is 0 Å². The molecule has 0 heteroatoms. The Balaban J connectivity index is 2.73. The minimum atomic E-state index is 0.507. The molecular formula is C19H36. The number of hydrogen-bond acceptors (Lipinski definition) is 0. The maximum atomic E-state index is 4.39. The van der Waals surface area contributed by atoms with E-state index in [0.717, 1.165) is 5.92 Å². The van der Waals surface area contributed by atoms with Crippen LogP contribution in [0.5, 0.6) is 0 Å². The Morgan fingerprint density at radius 2 is 1.84 bits per heavy atom. The summed E-state index contributed by atoms with van der Waals surface area (Å²) in [5.41, 5.74) is 2.56. The molecule has 3 atom stereocenters. The first kappa shape index (κ1) is 16.8. The van der Waals surface area contributed by atoms with E-state index in [9.17, 15) is 0 Å². The molecule has 0 aromatic carbocycles. The quantitative estimate of drug-likeness (QED) is 0.473. The highest BCUT2D eigenvalue weighted by molar-refractivity contribution is 5.04. The fourth-order valence-electron chi connectivity index (χ4n) is 4.30. The first-order valence-electron chi connectivity index (χ1n) is 8.40. The lowest BCUT2D eigenvalue weighted by Gasteiger charge is -2.48. The minimum absolute atomic E-state index is 0.507. The topological polar surface area (TPSA) is 0 Å². The molecule has 1 aliphatic rings. The van der Waals surface area contributed by atoms with Crippen molar-refractivity contribution in [3.63, 3.8) is 0 Å².